The van der Waals surface area contributed by atoms with Gasteiger partial charge in [0.2, 0.25) is 0 Å². The first-order valence-electron chi connectivity index (χ1n) is 10.8. The number of hydrogen-bond donors (Lipinski definition) is 1. The molecule has 1 amide bonds. The highest BCUT2D eigenvalue weighted by molar-refractivity contribution is 7.98. The molecule has 2 aromatic carbocycles. The molecule has 0 aliphatic heterocycles. The van der Waals surface area contributed by atoms with Gasteiger partial charge in [-0.05, 0) is 62.4 Å². The van der Waals surface area contributed by atoms with Crippen LogP contribution < -0.4 is 10.1 Å². The topological polar surface area (TPSA) is 104 Å². The number of nitrogens with one attached hydrogen (secondary N) is 1. The minimum atomic E-state index is -0.624. The number of aromatic nitrogens is 2. The maximum Gasteiger partial charge on any atom is 0.341 e. The van der Waals surface area contributed by atoms with Gasteiger partial charge in [-0.25, -0.2) is 9.78 Å². The number of aryl methyl sites for hydroxylation is 2. The molecule has 0 atom stereocenters. The highest BCUT2D eigenvalue weighted by atomic mass is 32.2. The summed E-state index contributed by atoms with van der Waals surface area (Å²) in [5.74, 6) is 1.55. The summed E-state index contributed by atoms with van der Waals surface area (Å²) in [6.45, 7) is 3.28. The smallest absolute Gasteiger partial charge is 0.341 e. The molecule has 0 saturated heterocycles. The van der Waals surface area contributed by atoms with Crippen molar-refractivity contribution in [3.05, 3.63) is 95.5 Å². The van der Waals surface area contributed by atoms with E-state index in [-0.39, 0.29) is 0 Å². The number of esters is 1. The minimum Gasteiger partial charge on any atom is -0.457 e. The first-order valence-corrected chi connectivity index (χ1v) is 11.8. The summed E-state index contributed by atoms with van der Waals surface area (Å²) in [4.78, 5) is 29.2. The summed E-state index contributed by atoms with van der Waals surface area (Å²) >= 11 is 1.38. The van der Waals surface area contributed by atoms with Gasteiger partial charge in [-0.1, -0.05) is 23.4 Å². The van der Waals surface area contributed by atoms with E-state index in [0.717, 1.165) is 22.8 Å². The van der Waals surface area contributed by atoms with E-state index in [1.165, 1.54) is 11.8 Å². The van der Waals surface area contributed by atoms with Crippen molar-refractivity contribution >= 4 is 29.3 Å². The molecule has 0 aliphatic rings. The third kappa shape index (κ3) is 6.48. The number of amides is 1. The van der Waals surface area contributed by atoms with Crippen LogP contribution in [0.25, 0.3) is 0 Å². The first-order chi connectivity index (χ1) is 17.0. The summed E-state index contributed by atoms with van der Waals surface area (Å²) in [6.07, 6.45) is 1.60. The predicted octanol–water partition coefficient (Wildman–Crippen LogP) is 5.57. The molecule has 0 radical (unpaired) electrons. The third-order valence-corrected chi connectivity index (χ3v) is 6.01. The third-order valence-electron chi connectivity index (χ3n) is 4.98. The molecule has 1 N–H and O–H groups in total. The molecular weight excluding hydrogens is 466 g/mol. The van der Waals surface area contributed by atoms with Gasteiger partial charge in [-0.15, -0.1) is 11.8 Å². The molecule has 0 saturated carbocycles. The lowest BCUT2D eigenvalue weighted by Crippen LogP contribution is -2.21. The van der Waals surface area contributed by atoms with E-state index in [4.69, 9.17) is 14.0 Å². The highest BCUT2D eigenvalue weighted by Gasteiger charge is 2.18. The lowest BCUT2D eigenvalue weighted by atomic mass is 10.2. The molecule has 2 aromatic heterocycles. The van der Waals surface area contributed by atoms with Gasteiger partial charge in [0.15, 0.2) is 6.61 Å². The fourth-order valence-corrected chi connectivity index (χ4v) is 4.28. The van der Waals surface area contributed by atoms with Crippen LogP contribution in [0.2, 0.25) is 0 Å². The van der Waals surface area contributed by atoms with Crippen LogP contribution in [0.1, 0.15) is 27.4 Å². The maximum atomic E-state index is 12.6. The Bertz CT molecular complexity index is 1290. The number of carbonyl (C=O) groups excluding carboxylic acids is 2. The van der Waals surface area contributed by atoms with E-state index in [1.54, 1.807) is 42.6 Å². The summed E-state index contributed by atoms with van der Waals surface area (Å²) in [7, 11) is 0. The number of para-hydroxylation sites is 1. The van der Waals surface area contributed by atoms with Gasteiger partial charge < -0.3 is 19.3 Å². The number of anilines is 1. The van der Waals surface area contributed by atoms with Crippen molar-refractivity contribution in [2.75, 3.05) is 11.9 Å². The van der Waals surface area contributed by atoms with Crippen molar-refractivity contribution < 1.29 is 23.6 Å². The Kier molecular flexibility index (Phi) is 7.79. The molecule has 0 fully saturated rings. The Morgan fingerprint density at radius 1 is 0.971 bits per heavy atom. The van der Waals surface area contributed by atoms with Crippen LogP contribution in [-0.2, 0) is 15.3 Å². The summed E-state index contributed by atoms with van der Waals surface area (Å²) in [5, 5.41) is 7.15. The second-order valence-corrected chi connectivity index (χ2v) is 8.48. The standard InChI is InChI=1S/C26H23N3O5S/c1-17-23(18(2)34-29-17)16-35-25-22(9-6-14-27-25)26(31)32-15-24(30)28-19-10-12-21(13-11-19)33-20-7-4-3-5-8-20/h3-14H,15-16H2,1-2H3,(H,28,30). The molecule has 9 heteroatoms. The van der Waals surface area contributed by atoms with Crippen LogP contribution in [0.5, 0.6) is 11.5 Å². The molecule has 0 unspecified atom stereocenters. The second-order valence-electron chi connectivity index (χ2n) is 7.51. The van der Waals surface area contributed by atoms with Gasteiger partial charge in [0.25, 0.3) is 5.91 Å². The first kappa shape index (κ1) is 24.0. The van der Waals surface area contributed by atoms with E-state index in [1.807, 2.05) is 44.2 Å². The zero-order valence-electron chi connectivity index (χ0n) is 19.2. The zero-order chi connectivity index (χ0) is 24.6. The Balaban J connectivity index is 1.29. The lowest BCUT2D eigenvalue weighted by molar-refractivity contribution is -0.119. The number of carbonyl (C=O) groups is 2. The highest BCUT2D eigenvalue weighted by Crippen LogP contribution is 2.27. The molecule has 4 rings (SSSR count). The molecular formula is C26H23N3O5S. The average Bonchev–Trinajstić information content (AvgIpc) is 3.20. The van der Waals surface area contributed by atoms with E-state index in [2.05, 4.69) is 15.5 Å². The molecule has 4 aromatic rings. The number of hydrogen-bond acceptors (Lipinski definition) is 8. The quantitative estimate of drug-likeness (QED) is 0.241. The number of pyridine rings is 1. The van der Waals surface area contributed by atoms with Gasteiger partial charge in [0.1, 0.15) is 22.3 Å². The fourth-order valence-electron chi connectivity index (χ4n) is 3.15. The van der Waals surface area contributed by atoms with E-state index >= 15 is 0 Å². The van der Waals surface area contributed by atoms with Crippen molar-refractivity contribution in [2.45, 2.75) is 24.6 Å². The van der Waals surface area contributed by atoms with Gasteiger partial charge in [-0.2, -0.15) is 0 Å². The fraction of sp³-hybridized carbons (Fsp3) is 0.154. The number of thioether (sulfide) groups is 1. The van der Waals surface area contributed by atoms with Gasteiger partial charge in [0.05, 0.1) is 11.3 Å². The molecule has 0 bridgehead atoms. The van der Waals surface area contributed by atoms with Crippen molar-refractivity contribution in [3.8, 4) is 11.5 Å². The molecule has 178 valence electrons. The van der Waals surface area contributed by atoms with Crippen molar-refractivity contribution in [2.24, 2.45) is 0 Å². The molecule has 0 spiro atoms. The Morgan fingerprint density at radius 2 is 1.71 bits per heavy atom. The lowest BCUT2D eigenvalue weighted by Gasteiger charge is -2.10. The number of ether oxygens (including phenoxy) is 2. The minimum absolute atomic E-state index is 0.291. The number of nitrogens with zero attached hydrogens (tertiary/aromatic N) is 2. The van der Waals surface area contributed by atoms with Crippen molar-refractivity contribution in [3.63, 3.8) is 0 Å². The monoisotopic (exact) mass is 489 g/mol. The average molecular weight is 490 g/mol. The molecule has 35 heavy (non-hydrogen) atoms. The summed E-state index contributed by atoms with van der Waals surface area (Å²) < 4.78 is 16.1. The van der Waals surface area contributed by atoms with Crippen molar-refractivity contribution in [1.29, 1.82) is 0 Å². The Labute approximate surface area is 206 Å². The molecule has 8 nitrogen and oxygen atoms in total. The van der Waals surface area contributed by atoms with Gasteiger partial charge in [0, 0.05) is 23.2 Å². The normalized spacial score (nSPS) is 10.6. The zero-order valence-corrected chi connectivity index (χ0v) is 20.0. The van der Waals surface area contributed by atoms with Gasteiger partial charge in [-0.3, -0.25) is 4.79 Å². The number of benzene rings is 2. The Morgan fingerprint density at radius 3 is 2.43 bits per heavy atom. The Hall–Kier alpha value is -4.11. The van der Waals surface area contributed by atoms with Gasteiger partial charge >= 0.3 is 5.97 Å². The van der Waals surface area contributed by atoms with Crippen LogP contribution in [-0.4, -0.2) is 28.6 Å². The van der Waals surface area contributed by atoms with Crippen molar-refractivity contribution in [1.82, 2.24) is 10.1 Å². The number of rotatable bonds is 9. The van der Waals surface area contributed by atoms with E-state index in [9.17, 15) is 9.59 Å². The predicted molar refractivity (Wildman–Crippen MR) is 132 cm³/mol. The largest absolute Gasteiger partial charge is 0.457 e. The van der Waals surface area contributed by atoms with E-state index in [0.29, 0.717) is 27.8 Å². The second kappa shape index (κ2) is 11.3. The maximum absolute atomic E-state index is 12.6. The molecule has 0 aliphatic carbocycles. The van der Waals surface area contributed by atoms with Crippen LogP contribution in [0.3, 0.4) is 0 Å². The van der Waals surface area contributed by atoms with Crippen LogP contribution in [0.15, 0.2) is 82.5 Å². The SMILES string of the molecule is Cc1noc(C)c1CSc1ncccc1C(=O)OCC(=O)Nc1ccc(Oc2ccccc2)cc1. The summed E-state index contributed by atoms with van der Waals surface area (Å²) in [5.41, 5.74) is 2.61. The summed E-state index contributed by atoms with van der Waals surface area (Å²) in [6, 6.07) is 19.6. The molecule has 2 heterocycles. The van der Waals surface area contributed by atoms with Crippen LogP contribution in [0.4, 0.5) is 5.69 Å². The van der Waals surface area contributed by atoms with Crippen LogP contribution in [0, 0.1) is 13.8 Å². The van der Waals surface area contributed by atoms with Crippen LogP contribution >= 0.6 is 11.8 Å². The van der Waals surface area contributed by atoms with E-state index < -0.39 is 18.5 Å².